The largest absolute Gasteiger partial charge is 0.346 e. The van der Waals surface area contributed by atoms with E-state index in [1.54, 1.807) is 0 Å². The Balaban J connectivity index is 0.00000441. The molecule has 5 nitrogen and oxygen atoms in total. The van der Waals surface area contributed by atoms with Crippen molar-refractivity contribution < 1.29 is 9.59 Å². The van der Waals surface area contributed by atoms with Crippen LogP contribution >= 0.6 is 12.4 Å². The van der Waals surface area contributed by atoms with E-state index in [1.165, 1.54) is 0 Å². The van der Waals surface area contributed by atoms with Crippen LogP contribution in [0.25, 0.3) is 0 Å². The van der Waals surface area contributed by atoms with Crippen molar-refractivity contribution >= 4 is 24.2 Å². The summed E-state index contributed by atoms with van der Waals surface area (Å²) in [6.07, 6.45) is 3.65. The molecule has 0 radical (unpaired) electrons. The second-order valence-corrected chi connectivity index (χ2v) is 6.48. The molecular formula is C16H32ClN3O2. The van der Waals surface area contributed by atoms with Gasteiger partial charge in [0.05, 0.1) is 6.04 Å². The Labute approximate surface area is 141 Å². The molecule has 0 saturated carbocycles. The second-order valence-electron chi connectivity index (χ2n) is 6.48. The lowest BCUT2D eigenvalue weighted by molar-refractivity contribution is -0.141. The van der Waals surface area contributed by atoms with Crippen LogP contribution in [-0.4, -0.2) is 54.3 Å². The van der Waals surface area contributed by atoms with Crippen LogP contribution in [0.1, 0.15) is 46.5 Å². The zero-order valence-electron chi connectivity index (χ0n) is 14.4. The molecule has 1 heterocycles. The van der Waals surface area contributed by atoms with E-state index in [0.717, 1.165) is 32.2 Å². The van der Waals surface area contributed by atoms with Gasteiger partial charge in [0, 0.05) is 32.6 Å². The highest BCUT2D eigenvalue weighted by Gasteiger charge is 2.31. The summed E-state index contributed by atoms with van der Waals surface area (Å²) < 4.78 is 0. The van der Waals surface area contributed by atoms with E-state index in [1.807, 2.05) is 30.7 Å². The van der Waals surface area contributed by atoms with Gasteiger partial charge in [0.15, 0.2) is 0 Å². The van der Waals surface area contributed by atoms with E-state index >= 15 is 0 Å². The first kappa shape index (κ1) is 21.2. The summed E-state index contributed by atoms with van der Waals surface area (Å²) in [5, 5.41) is 0. The molecule has 1 atom stereocenters. The molecule has 1 fully saturated rings. The van der Waals surface area contributed by atoms with Gasteiger partial charge in [-0.25, -0.2) is 0 Å². The number of carbonyl (C=O) groups excluding carboxylic acids is 2. The lowest BCUT2D eigenvalue weighted by Crippen LogP contribution is -2.50. The van der Waals surface area contributed by atoms with E-state index in [9.17, 15) is 9.59 Å². The van der Waals surface area contributed by atoms with E-state index in [0.29, 0.717) is 13.1 Å². The highest BCUT2D eigenvalue weighted by molar-refractivity contribution is 5.85. The van der Waals surface area contributed by atoms with Crippen LogP contribution in [0.5, 0.6) is 0 Å². The summed E-state index contributed by atoms with van der Waals surface area (Å²) in [7, 11) is 1.88. The van der Waals surface area contributed by atoms with Crippen molar-refractivity contribution in [2.24, 2.45) is 17.6 Å². The number of unbranched alkanes of at least 4 members (excludes halogenated alkanes) is 1. The predicted molar refractivity (Wildman–Crippen MR) is 91.9 cm³/mol. The van der Waals surface area contributed by atoms with Crippen LogP contribution in [0.3, 0.4) is 0 Å². The molecule has 0 aliphatic carbocycles. The van der Waals surface area contributed by atoms with Gasteiger partial charge in [-0.05, 0) is 25.2 Å². The normalized spacial score (nSPS) is 17.1. The molecule has 0 aromatic heterocycles. The number of likely N-dealkylation sites (tertiary alicyclic amines) is 1. The van der Waals surface area contributed by atoms with Crippen molar-refractivity contribution in [3.63, 3.8) is 0 Å². The molecule has 130 valence electrons. The molecule has 2 N–H and O–H groups in total. The Kier molecular flexibility index (Phi) is 9.69. The number of carbonyl (C=O) groups is 2. The highest BCUT2D eigenvalue weighted by atomic mass is 35.5. The molecule has 22 heavy (non-hydrogen) atoms. The molecule has 0 unspecified atom stereocenters. The van der Waals surface area contributed by atoms with Gasteiger partial charge < -0.3 is 15.5 Å². The third-order valence-electron chi connectivity index (χ3n) is 4.38. The molecule has 0 spiro atoms. The van der Waals surface area contributed by atoms with Crippen LogP contribution in [0.15, 0.2) is 0 Å². The monoisotopic (exact) mass is 333 g/mol. The van der Waals surface area contributed by atoms with Crippen LogP contribution in [-0.2, 0) is 9.59 Å². The number of piperidine rings is 1. The van der Waals surface area contributed by atoms with E-state index in [-0.39, 0.29) is 36.1 Å². The fourth-order valence-corrected chi connectivity index (χ4v) is 2.66. The van der Waals surface area contributed by atoms with E-state index < -0.39 is 6.04 Å². The van der Waals surface area contributed by atoms with Gasteiger partial charge in [0.25, 0.3) is 0 Å². The first-order valence-electron chi connectivity index (χ1n) is 8.17. The van der Waals surface area contributed by atoms with Gasteiger partial charge in [-0.1, -0.05) is 27.2 Å². The average molecular weight is 334 g/mol. The Morgan fingerprint density at radius 3 is 2.27 bits per heavy atom. The number of hydrogen-bond donors (Lipinski definition) is 1. The minimum Gasteiger partial charge on any atom is -0.346 e. The smallest absolute Gasteiger partial charge is 0.239 e. The summed E-state index contributed by atoms with van der Waals surface area (Å²) in [5.41, 5.74) is 5.92. The Morgan fingerprint density at radius 1 is 1.27 bits per heavy atom. The summed E-state index contributed by atoms with van der Waals surface area (Å²) >= 11 is 0. The van der Waals surface area contributed by atoms with Crippen molar-refractivity contribution in [2.45, 2.75) is 52.5 Å². The summed E-state index contributed by atoms with van der Waals surface area (Å²) in [6, 6.07) is -0.426. The molecule has 6 heteroatoms. The molecule has 1 aliphatic heterocycles. The third-order valence-corrected chi connectivity index (χ3v) is 4.38. The summed E-state index contributed by atoms with van der Waals surface area (Å²) in [4.78, 5) is 28.2. The second kappa shape index (κ2) is 10.1. The molecule has 0 bridgehead atoms. The third kappa shape index (κ3) is 5.76. The molecular weight excluding hydrogens is 302 g/mol. The fraction of sp³-hybridized carbons (Fsp3) is 0.875. The fourth-order valence-electron chi connectivity index (χ4n) is 2.66. The Morgan fingerprint density at radius 2 is 1.82 bits per heavy atom. The molecule has 2 amide bonds. The lowest BCUT2D eigenvalue weighted by Gasteiger charge is -2.35. The minimum atomic E-state index is -0.426. The maximum atomic E-state index is 12.3. The van der Waals surface area contributed by atoms with Gasteiger partial charge in [-0.15, -0.1) is 12.4 Å². The highest BCUT2D eigenvalue weighted by Crippen LogP contribution is 2.20. The molecule has 1 aliphatic rings. The number of rotatable bonds is 6. The number of amides is 2. The molecule has 1 saturated heterocycles. The van der Waals surface area contributed by atoms with Gasteiger partial charge in [0.1, 0.15) is 0 Å². The van der Waals surface area contributed by atoms with Crippen molar-refractivity contribution in [3.8, 4) is 0 Å². The summed E-state index contributed by atoms with van der Waals surface area (Å²) in [6.45, 7) is 8.17. The van der Waals surface area contributed by atoms with Gasteiger partial charge in [-0.3, -0.25) is 9.59 Å². The first-order valence-corrected chi connectivity index (χ1v) is 8.17. The SMILES string of the molecule is CCCCN(C)C(=O)C1CCN(C(=O)[C@@H](N)C(C)C)CC1.Cl. The average Bonchev–Trinajstić information content (AvgIpc) is 2.50. The Hall–Kier alpha value is -0.810. The lowest BCUT2D eigenvalue weighted by atomic mass is 9.94. The Bertz CT molecular complexity index is 355. The first-order chi connectivity index (χ1) is 9.88. The quantitative estimate of drug-likeness (QED) is 0.807. The van der Waals surface area contributed by atoms with Gasteiger partial charge in [0.2, 0.25) is 11.8 Å². The zero-order valence-corrected chi connectivity index (χ0v) is 15.2. The predicted octanol–water partition coefficient (Wildman–Crippen LogP) is 1.89. The standard InChI is InChI=1S/C16H31N3O2.ClH/c1-5-6-9-18(4)15(20)13-7-10-19(11-8-13)16(21)14(17)12(2)3;/h12-14H,5-11,17H2,1-4H3;1H/t14-;/m0./s1. The number of halogens is 1. The van der Waals surface area contributed by atoms with Gasteiger partial charge >= 0.3 is 0 Å². The van der Waals surface area contributed by atoms with E-state index in [2.05, 4.69) is 6.92 Å². The van der Waals surface area contributed by atoms with Crippen LogP contribution in [0.4, 0.5) is 0 Å². The van der Waals surface area contributed by atoms with Crippen molar-refractivity contribution in [1.29, 1.82) is 0 Å². The topological polar surface area (TPSA) is 66.6 Å². The zero-order chi connectivity index (χ0) is 16.0. The number of nitrogens with two attached hydrogens (primary N) is 1. The van der Waals surface area contributed by atoms with Crippen LogP contribution in [0, 0.1) is 11.8 Å². The van der Waals surface area contributed by atoms with Crippen LogP contribution in [0.2, 0.25) is 0 Å². The minimum absolute atomic E-state index is 0. The van der Waals surface area contributed by atoms with Crippen molar-refractivity contribution in [1.82, 2.24) is 9.80 Å². The maximum absolute atomic E-state index is 12.3. The number of nitrogens with zero attached hydrogens (tertiary/aromatic N) is 2. The number of hydrogen-bond acceptors (Lipinski definition) is 3. The molecule has 0 aromatic rings. The summed E-state index contributed by atoms with van der Waals surface area (Å²) in [5.74, 6) is 0.460. The molecule has 0 aromatic carbocycles. The molecule has 1 rings (SSSR count). The van der Waals surface area contributed by atoms with Crippen molar-refractivity contribution in [3.05, 3.63) is 0 Å². The van der Waals surface area contributed by atoms with Crippen LogP contribution < -0.4 is 5.73 Å². The van der Waals surface area contributed by atoms with E-state index in [4.69, 9.17) is 5.73 Å². The maximum Gasteiger partial charge on any atom is 0.239 e. The van der Waals surface area contributed by atoms with Gasteiger partial charge in [-0.2, -0.15) is 0 Å². The van der Waals surface area contributed by atoms with Crippen molar-refractivity contribution in [2.75, 3.05) is 26.7 Å².